The number of hydrogen-bond donors (Lipinski definition) is 0. The summed E-state index contributed by atoms with van der Waals surface area (Å²) in [5.41, 5.74) is 20.2. The molecule has 143 heavy (non-hydrogen) atoms. The number of nitrogens with zero attached hydrogens (tertiary/aromatic N) is 1. The number of para-hydroxylation sites is 1. The third-order valence-electron chi connectivity index (χ3n) is 23.1. The van der Waals surface area contributed by atoms with Crippen LogP contribution in [-0.4, -0.2) is 92.0 Å². The van der Waals surface area contributed by atoms with Crippen LogP contribution in [0.3, 0.4) is 0 Å². The van der Waals surface area contributed by atoms with Crippen molar-refractivity contribution >= 4 is 72.1 Å². The number of anilines is 1. The Morgan fingerprint density at radius 2 is 0.643 bits per heavy atom. The molecule has 0 saturated carbocycles. The number of methoxy groups -OCH3 is 1. The predicted molar refractivity (Wildman–Crippen MR) is 607 cm³/mol. The van der Waals surface area contributed by atoms with E-state index < -0.39 is 72.9 Å². The van der Waals surface area contributed by atoms with Crippen LogP contribution in [0, 0.1) is 70.1 Å². The van der Waals surface area contributed by atoms with Crippen molar-refractivity contribution in [3.63, 3.8) is 0 Å². The van der Waals surface area contributed by atoms with Gasteiger partial charge in [0.15, 0.2) is 49.2 Å². The van der Waals surface area contributed by atoms with Crippen LogP contribution in [0.2, 0.25) is 0 Å². The quantitative estimate of drug-likeness (QED) is 0.0882. The zero-order chi connectivity index (χ0) is 108. The van der Waals surface area contributed by atoms with Gasteiger partial charge in [0.05, 0.1) is 61.9 Å². The lowest BCUT2D eigenvalue weighted by molar-refractivity contribution is -0.119. The molecule has 0 atom stereocenters. The minimum atomic E-state index is -3.32. The third kappa shape index (κ3) is 40.4. The van der Waals surface area contributed by atoms with Crippen LogP contribution in [0.1, 0.15) is 262 Å². The van der Waals surface area contributed by atoms with E-state index in [1.54, 1.807) is 177 Å². The van der Waals surface area contributed by atoms with Crippen molar-refractivity contribution in [2.24, 2.45) is 21.7 Å². The molecule has 1 aromatic heterocycles. The minimum Gasteiger partial charge on any atom is -0.497 e. The van der Waals surface area contributed by atoms with Crippen LogP contribution < -0.4 is 14.4 Å². The number of aryl methyl sites for hydroxylation is 7. The molecule has 0 unspecified atom stereocenters. The standard InChI is InChI=1S/C17H20O3S.C17H20O2S.C15H21NO.C15H18O2S2.C13H20O.2C12H18.2C11H16O2S/c1-17(2,3)21(18,19)16-11-7-14(8-12-16)13-5-9-15(20-4)10-6-13;1-13-8-10-14(11-9-13)15-6-5-7-16(12-15)20(18,19)17(2,3)4;1-15(2,3)10-8-14(17)16-11-9-12-6-4-5-7-13(12)16;1-11-6-5-7-12(8-11)14-9-13(10-18-14)19(16,17)15(2,3)4;1-11-5-7-12(8-6-11)14-10-9-13(2,3)4;1-10-5-7-11(8-6-10)9-12(2,3)4;1-10-6-5-7-11(8-10)9-12(2,3)4;2*1-9-5-7-10(8-6-9)14(12,13)11(2,3)4/h5-12H,1-4H3;5-12H,1-4H3;4-7H,8-11H2,1-3H3;5-10H,1-4H3;5-8H,9-10H2,1-4H3;2*5-8H,9H2,1-4H3;2*5-8H,1-4H3. The lowest BCUT2D eigenvalue weighted by atomic mass is 9.88. The van der Waals surface area contributed by atoms with Crippen molar-refractivity contribution in [3.8, 4) is 44.2 Å². The molecule has 1 aliphatic rings. The van der Waals surface area contributed by atoms with Crippen molar-refractivity contribution in [2.75, 3.05) is 25.2 Å². The maximum atomic E-state index is 12.5. The SMILES string of the molecule is CC(C)(C)CCC(=O)N1CCc2ccccc21.COc1ccc(-c2ccc(S(=O)(=O)C(C)(C)C)cc2)cc1.Cc1ccc(-c2cccc(S(=O)(=O)C(C)(C)C)c2)cc1.Cc1ccc(CC(C)(C)C)cc1.Cc1ccc(OCCC(C)(C)C)cc1.Cc1ccc(S(=O)(=O)C(C)(C)C)cc1.Cc1ccc(S(=O)(=O)C(C)(C)C)cc1.Cc1cccc(-c2cc(S(=O)(=O)C(C)(C)C)cs2)c1.Cc1cccc(CC(C)(C)C)c1. The molecule has 1 aliphatic heterocycles. The van der Waals surface area contributed by atoms with Gasteiger partial charge in [-0.3, -0.25) is 4.79 Å². The summed E-state index contributed by atoms with van der Waals surface area (Å²) in [6.45, 7) is 68.5. The predicted octanol–water partition coefficient (Wildman–Crippen LogP) is 32.0. The first-order chi connectivity index (χ1) is 65.6. The highest BCUT2D eigenvalue weighted by Crippen LogP contribution is 2.38. The number of carbonyl (C=O) groups excluding carboxylic acids is 1. The smallest absolute Gasteiger partial charge is 0.227 e. The number of hydrogen-bond acceptors (Lipinski definition) is 14. The molecule has 1 amide bonds. The van der Waals surface area contributed by atoms with Crippen LogP contribution in [-0.2, 0) is 73.2 Å². The number of ether oxygens (including phenoxy) is 2. The van der Waals surface area contributed by atoms with Gasteiger partial charge in [-0.1, -0.05) is 310 Å². The first kappa shape index (κ1) is 123. The van der Waals surface area contributed by atoms with Crippen molar-refractivity contribution in [1.29, 1.82) is 0 Å². The Balaban J connectivity index is 0.000000285. The maximum Gasteiger partial charge on any atom is 0.227 e. The van der Waals surface area contributed by atoms with Gasteiger partial charge in [-0.05, 0) is 336 Å². The summed E-state index contributed by atoms with van der Waals surface area (Å²) < 4.78 is 129. The molecule has 20 heteroatoms. The Kier molecular flexibility index (Phi) is 44.7. The summed E-state index contributed by atoms with van der Waals surface area (Å²) in [5.74, 6) is 2.04. The topological polar surface area (TPSA) is 209 Å². The summed E-state index contributed by atoms with van der Waals surface area (Å²) in [6.07, 6.45) is 6.00. The maximum absolute atomic E-state index is 12.5. The van der Waals surface area contributed by atoms with E-state index in [2.05, 4.69) is 183 Å². The Bertz CT molecular complexity index is 6530. The van der Waals surface area contributed by atoms with Gasteiger partial charge in [-0.15, -0.1) is 11.3 Å². The van der Waals surface area contributed by atoms with E-state index in [-0.39, 0.29) is 11.3 Å². The van der Waals surface area contributed by atoms with Gasteiger partial charge >= 0.3 is 0 Å². The van der Waals surface area contributed by atoms with E-state index in [0.717, 1.165) is 106 Å². The van der Waals surface area contributed by atoms with Crippen molar-refractivity contribution in [1.82, 2.24) is 0 Å². The molecule has 0 aliphatic carbocycles. The molecule has 0 N–H and O–H groups in total. The molecular weight excluding hydrogens is 1890 g/mol. The summed E-state index contributed by atoms with van der Waals surface area (Å²) in [6, 6.07) is 87.7. The van der Waals surface area contributed by atoms with E-state index in [0.29, 0.717) is 47.1 Å². The number of sulfone groups is 5. The highest BCUT2D eigenvalue weighted by atomic mass is 32.2. The Labute approximate surface area is 868 Å². The van der Waals surface area contributed by atoms with Gasteiger partial charge in [0.2, 0.25) is 5.91 Å². The largest absolute Gasteiger partial charge is 0.497 e. The van der Waals surface area contributed by atoms with Crippen LogP contribution in [0.5, 0.6) is 11.5 Å². The zero-order valence-corrected chi connectivity index (χ0v) is 97.3. The number of fused-ring (bicyclic) bond motifs is 1. The molecule has 2 heterocycles. The summed E-state index contributed by atoms with van der Waals surface area (Å²) in [7, 11) is -14.6. The fraction of sp³-hybridized carbons (Fsp3) is 0.423. The number of amides is 1. The highest BCUT2D eigenvalue weighted by molar-refractivity contribution is 7.94. The lowest BCUT2D eigenvalue weighted by Crippen LogP contribution is -2.29. The van der Waals surface area contributed by atoms with Gasteiger partial charge in [0.25, 0.3) is 0 Å². The number of rotatable bonds is 16. The molecule has 12 aromatic rings. The zero-order valence-electron chi connectivity index (χ0n) is 92.4. The average Bonchev–Trinajstić information content (AvgIpc) is 0.931. The fourth-order valence-electron chi connectivity index (χ4n) is 13.9. The molecule has 0 radical (unpaired) electrons. The normalized spacial score (nSPS) is 12.6. The van der Waals surface area contributed by atoms with E-state index in [1.165, 1.54) is 55.8 Å². The van der Waals surface area contributed by atoms with Crippen LogP contribution >= 0.6 is 11.3 Å². The van der Waals surface area contributed by atoms with E-state index in [4.69, 9.17) is 9.47 Å². The van der Waals surface area contributed by atoms with Crippen LogP contribution in [0.15, 0.2) is 303 Å². The van der Waals surface area contributed by atoms with E-state index >= 15 is 0 Å². The van der Waals surface area contributed by atoms with Crippen LogP contribution in [0.25, 0.3) is 32.7 Å². The first-order valence-electron chi connectivity index (χ1n) is 49.2. The van der Waals surface area contributed by atoms with Gasteiger partial charge < -0.3 is 14.4 Å². The van der Waals surface area contributed by atoms with Gasteiger partial charge in [-0.2, -0.15) is 0 Å². The third-order valence-corrected chi connectivity index (χ3v) is 36.7. The molecule has 14 nitrogen and oxygen atoms in total. The molecule has 778 valence electrons. The average molecular weight is 2060 g/mol. The first-order valence-corrected chi connectivity index (χ1v) is 57.5. The molecule has 13 rings (SSSR count). The number of benzene rings is 11. The number of carbonyl (C=O) groups is 1. The Hall–Kier alpha value is -10.1. The summed E-state index contributed by atoms with van der Waals surface area (Å²) in [5, 5.41) is 1.73. The summed E-state index contributed by atoms with van der Waals surface area (Å²) >= 11 is 1.48. The van der Waals surface area contributed by atoms with Gasteiger partial charge in [0, 0.05) is 28.9 Å². The minimum absolute atomic E-state index is 0.231. The second-order valence-electron chi connectivity index (χ2n) is 46.8. The Morgan fingerprint density at radius 1 is 0.301 bits per heavy atom. The van der Waals surface area contributed by atoms with Crippen molar-refractivity contribution in [3.05, 3.63) is 334 Å². The van der Waals surface area contributed by atoms with Gasteiger partial charge in [0.1, 0.15) is 11.5 Å². The van der Waals surface area contributed by atoms with E-state index in [1.807, 2.05) is 166 Å². The molecule has 0 fully saturated rings. The van der Waals surface area contributed by atoms with Crippen molar-refractivity contribution < 1.29 is 56.4 Å². The molecule has 11 aromatic carbocycles. The fourth-order valence-corrected chi connectivity index (χ4v) is 21.2. The highest BCUT2D eigenvalue weighted by Gasteiger charge is 2.36. The molecular formula is C123H167NO13S6. The van der Waals surface area contributed by atoms with Crippen LogP contribution in [0.4, 0.5) is 5.69 Å². The summed E-state index contributed by atoms with van der Waals surface area (Å²) in [4.78, 5) is 17.1. The number of thiophene rings is 1. The Morgan fingerprint density at radius 3 is 1.06 bits per heavy atom. The monoisotopic (exact) mass is 2060 g/mol. The molecule has 0 bridgehead atoms. The second-order valence-corrected chi connectivity index (χ2v) is 61.2. The second kappa shape index (κ2) is 51.8. The van der Waals surface area contributed by atoms with E-state index in [9.17, 15) is 46.9 Å². The molecule has 0 saturated heterocycles. The van der Waals surface area contributed by atoms with Gasteiger partial charge in [-0.25, -0.2) is 42.1 Å². The van der Waals surface area contributed by atoms with Crippen molar-refractivity contribution in [2.45, 2.75) is 322 Å². The lowest BCUT2D eigenvalue weighted by Gasteiger charge is -2.21. The molecule has 0 spiro atoms.